The Morgan fingerprint density at radius 3 is 2.35 bits per heavy atom. The molecule has 2 aliphatic carbocycles. The molecular formula is C45H63ClN4O7. The lowest BCUT2D eigenvalue weighted by atomic mass is 9.76. The van der Waals surface area contributed by atoms with E-state index in [1.807, 2.05) is 39.8 Å². The minimum absolute atomic E-state index is 0.0472. The number of nitrogens with zero attached hydrogens (tertiary/aromatic N) is 3. The van der Waals surface area contributed by atoms with Gasteiger partial charge in [0.25, 0.3) is 0 Å². The van der Waals surface area contributed by atoms with Gasteiger partial charge in [0.15, 0.2) is 17.2 Å². The van der Waals surface area contributed by atoms with Gasteiger partial charge in [-0.05, 0) is 87.4 Å². The Labute approximate surface area is 343 Å². The molecule has 1 N–H and O–H groups in total. The van der Waals surface area contributed by atoms with E-state index in [0.717, 1.165) is 76.4 Å². The molecule has 3 aliphatic heterocycles. The smallest absolute Gasteiger partial charge is 0.246 e. The van der Waals surface area contributed by atoms with Crippen LogP contribution in [0.4, 0.5) is 0 Å². The summed E-state index contributed by atoms with van der Waals surface area (Å²) < 4.78 is 0. The van der Waals surface area contributed by atoms with Gasteiger partial charge >= 0.3 is 0 Å². The third-order valence-electron chi connectivity index (χ3n) is 13.0. The molecule has 6 rings (SSSR count). The van der Waals surface area contributed by atoms with Crippen molar-refractivity contribution in [1.29, 1.82) is 0 Å². The molecule has 5 aliphatic rings. The number of carbonyl (C=O) groups excluding carboxylic acids is 6. The van der Waals surface area contributed by atoms with Crippen LogP contribution in [0.5, 0.6) is 0 Å². The van der Waals surface area contributed by atoms with E-state index < -0.39 is 52.4 Å². The predicted molar refractivity (Wildman–Crippen MR) is 219 cm³/mol. The molecule has 1 aromatic rings. The lowest BCUT2D eigenvalue weighted by Crippen LogP contribution is -2.58. The summed E-state index contributed by atoms with van der Waals surface area (Å²) in [5.41, 5.74) is -0.347. The van der Waals surface area contributed by atoms with Gasteiger partial charge in [-0.1, -0.05) is 82.3 Å². The molecule has 1 aromatic carbocycles. The van der Waals surface area contributed by atoms with E-state index in [2.05, 4.69) is 15.4 Å². The van der Waals surface area contributed by atoms with Gasteiger partial charge in [0.2, 0.25) is 17.6 Å². The van der Waals surface area contributed by atoms with E-state index in [4.69, 9.17) is 16.4 Å². The van der Waals surface area contributed by atoms with Crippen molar-refractivity contribution in [1.82, 2.24) is 15.1 Å². The van der Waals surface area contributed by atoms with Crippen molar-refractivity contribution in [2.45, 2.75) is 148 Å². The fourth-order valence-corrected chi connectivity index (χ4v) is 9.74. The Morgan fingerprint density at radius 2 is 1.70 bits per heavy atom. The third-order valence-corrected chi connectivity index (χ3v) is 13.2. The average Bonchev–Trinajstić information content (AvgIpc) is 3.51. The molecule has 0 unspecified atom stereocenters. The van der Waals surface area contributed by atoms with Crippen LogP contribution in [0.25, 0.3) is 0 Å². The second-order valence-electron chi connectivity index (χ2n) is 18.8. The van der Waals surface area contributed by atoms with Gasteiger partial charge in [0, 0.05) is 54.5 Å². The number of Topliss-reactive ketones (excluding diaryl/α,β-unsaturated/α-hetero) is 4. The van der Waals surface area contributed by atoms with Gasteiger partial charge in [0.1, 0.15) is 11.8 Å². The Hall–Kier alpha value is -3.44. The van der Waals surface area contributed by atoms with Crippen molar-refractivity contribution >= 4 is 52.3 Å². The number of nitrogens with one attached hydrogen (secondary N) is 1. The summed E-state index contributed by atoms with van der Waals surface area (Å²) in [5.74, 6) is -2.91. The molecule has 4 fully saturated rings. The molecule has 2 saturated carbocycles. The zero-order chi connectivity index (χ0) is 40.9. The lowest BCUT2D eigenvalue weighted by molar-refractivity contribution is -0.146. The highest BCUT2D eigenvalue weighted by Gasteiger charge is 2.55. The molecule has 0 aromatic heterocycles. The SMILES string of the molecule is CCC[C@H](CC(=O)[C@@H]1C[C@]2(CC(c3cccc(Cl)c3)=NO2)CN1C(=O)[C@@H](NC(=O)[C@@H](CC(=O)CN1CCCC1)C1CCCCC1)C(C)(C)C)C(=O)C(=O)CC1CC1. The van der Waals surface area contributed by atoms with Crippen LogP contribution in [0.15, 0.2) is 29.4 Å². The van der Waals surface area contributed by atoms with Gasteiger partial charge in [-0.25, -0.2) is 0 Å². The Balaban J connectivity index is 1.25. The van der Waals surface area contributed by atoms with Gasteiger partial charge in [0.05, 0.1) is 24.8 Å². The first-order valence-electron chi connectivity index (χ1n) is 21.6. The first-order valence-corrected chi connectivity index (χ1v) is 22.0. The summed E-state index contributed by atoms with van der Waals surface area (Å²) in [6.45, 7) is 9.76. The van der Waals surface area contributed by atoms with Crippen molar-refractivity contribution < 1.29 is 33.6 Å². The maximum atomic E-state index is 15.1. The summed E-state index contributed by atoms with van der Waals surface area (Å²) in [5, 5.41) is 8.11. The second kappa shape index (κ2) is 18.6. The fourth-order valence-electron chi connectivity index (χ4n) is 9.54. The molecule has 312 valence electrons. The molecule has 0 radical (unpaired) electrons. The summed E-state index contributed by atoms with van der Waals surface area (Å²) in [6.07, 6.45) is 10.6. The molecule has 11 nitrogen and oxygen atoms in total. The van der Waals surface area contributed by atoms with Gasteiger partial charge in [-0.3, -0.25) is 33.7 Å². The van der Waals surface area contributed by atoms with Crippen LogP contribution in [0, 0.1) is 29.1 Å². The highest BCUT2D eigenvalue weighted by atomic mass is 35.5. The molecule has 1 spiro atoms. The van der Waals surface area contributed by atoms with Crippen molar-refractivity contribution in [3.63, 3.8) is 0 Å². The zero-order valence-corrected chi connectivity index (χ0v) is 35.2. The van der Waals surface area contributed by atoms with Crippen LogP contribution in [0.2, 0.25) is 5.02 Å². The standard InChI is InChI=1S/C45H63ClN4O7/c1-5-12-32(40(54)39(53)21-29-17-18-29)23-38(52)37-26-45(25-36(48-57-45)31-15-11-16-33(46)22-31)28-50(37)43(56)41(44(2,3)4)47-42(55)35(30-13-7-6-8-14-30)24-34(51)27-49-19-9-10-20-49/h11,15-16,22,29-30,32,35,37,41H,5-10,12-14,17-21,23-28H2,1-4H3,(H,47,55)/t32-,35+,37+,41-,45-/m1/s1. The number of halogens is 1. The quantitative estimate of drug-likeness (QED) is 0.158. The predicted octanol–water partition coefficient (Wildman–Crippen LogP) is 6.90. The second-order valence-corrected chi connectivity index (χ2v) is 19.3. The lowest BCUT2D eigenvalue weighted by Gasteiger charge is -2.37. The minimum atomic E-state index is -1.02. The first-order chi connectivity index (χ1) is 27.2. The van der Waals surface area contributed by atoms with Crippen molar-refractivity contribution in [2.75, 3.05) is 26.2 Å². The van der Waals surface area contributed by atoms with Crippen LogP contribution in [-0.2, 0) is 33.6 Å². The van der Waals surface area contributed by atoms with E-state index >= 15 is 4.79 Å². The molecule has 0 bridgehead atoms. The van der Waals surface area contributed by atoms with Crippen LogP contribution in [0.3, 0.4) is 0 Å². The number of benzene rings is 1. The Bertz CT molecular complexity index is 1710. The summed E-state index contributed by atoms with van der Waals surface area (Å²) in [6, 6.07) is 5.31. The van der Waals surface area contributed by atoms with Gasteiger partial charge in [-0.2, -0.15) is 0 Å². The average molecular weight is 807 g/mol. The number of ketones is 4. The number of amides is 2. The molecule has 5 atom stereocenters. The van der Waals surface area contributed by atoms with E-state index in [1.165, 1.54) is 4.90 Å². The van der Waals surface area contributed by atoms with Gasteiger partial charge < -0.3 is 15.1 Å². The van der Waals surface area contributed by atoms with Gasteiger partial charge in [-0.15, -0.1) is 0 Å². The highest BCUT2D eigenvalue weighted by molar-refractivity contribution is 6.38. The van der Waals surface area contributed by atoms with Crippen LogP contribution < -0.4 is 5.32 Å². The summed E-state index contributed by atoms with van der Waals surface area (Å²) in [7, 11) is 0. The van der Waals surface area contributed by atoms with E-state index in [-0.39, 0.29) is 61.5 Å². The molecular weight excluding hydrogens is 744 g/mol. The van der Waals surface area contributed by atoms with Crippen molar-refractivity contribution in [2.24, 2.45) is 34.2 Å². The first kappa shape index (κ1) is 43.1. The van der Waals surface area contributed by atoms with Crippen LogP contribution >= 0.6 is 11.6 Å². The van der Waals surface area contributed by atoms with E-state index in [0.29, 0.717) is 36.5 Å². The number of carbonyl (C=O) groups is 6. The van der Waals surface area contributed by atoms with E-state index in [9.17, 15) is 24.0 Å². The molecule has 2 amide bonds. The normalized spacial score (nSPS) is 24.5. The number of hydrogen-bond donors (Lipinski definition) is 1. The van der Waals surface area contributed by atoms with Crippen molar-refractivity contribution in [3.8, 4) is 0 Å². The number of rotatable bonds is 18. The Morgan fingerprint density at radius 1 is 0.982 bits per heavy atom. The minimum Gasteiger partial charge on any atom is -0.387 e. The monoisotopic (exact) mass is 806 g/mol. The third kappa shape index (κ3) is 11.0. The maximum absolute atomic E-state index is 15.1. The molecule has 3 heterocycles. The number of hydrogen-bond acceptors (Lipinski definition) is 9. The van der Waals surface area contributed by atoms with Crippen LogP contribution in [-0.4, -0.2) is 94.3 Å². The number of oxime groups is 1. The largest absolute Gasteiger partial charge is 0.387 e. The fraction of sp³-hybridized carbons (Fsp3) is 0.711. The highest BCUT2D eigenvalue weighted by Crippen LogP contribution is 2.42. The van der Waals surface area contributed by atoms with E-state index in [1.54, 1.807) is 12.1 Å². The summed E-state index contributed by atoms with van der Waals surface area (Å²) >= 11 is 6.31. The number of likely N-dealkylation sites (tertiary alicyclic amines) is 2. The molecule has 57 heavy (non-hydrogen) atoms. The Kier molecular flexibility index (Phi) is 14.1. The molecule has 2 saturated heterocycles. The maximum Gasteiger partial charge on any atom is 0.246 e. The molecule has 12 heteroatoms. The zero-order valence-electron chi connectivity index (χ0n) is 34.5. The van der Waals surface area contributed by atoms with Crippen LogP contribution in [0.1, 0.15) is 136 Å². The van der Waals surface area contributed by atoms with Crippen molar-refractivity contribution in [3.05, 3.63) is 34.9 Å². The summed E-state index contributed by atoms with van der Waals surface area (Å²) in [4.78, 5) is 93.8. The topological polar surface area (TPSA) is 143 Å².